The van der Waals surface area contributed by atoms with Crippen LogP contribution in [0.15, 0.2) is 30.3 Å². The van der Waals surface area contributed by atoms with Gasteiger partial charge in [-0.2, -0.15) is 0 Å². The molecule has 0 unspecified atom stereocenters. The molecule has 20 heavy (non-hydrogen) atoms. The summed E-state index contributed by atoms with van der Waals surface area (Å²) in [4.78, 5) is 0. The van der Waals surface area contributed by atoms with Crippen molar-refractivity contribution in [2.45, 2.75) is 69.4 Å². The lowest BCUT2D eigenvalue weighted by molar-refractivity contribution is 0.504. The number of hydrogen-bond acceptors (Lipinski definition) is 0. The first-order valence-corrected chi connectivity index (χ1v) is 8.00. The molecule has 2 saturated carbocycles. The van der Waals surface area contributed by atoms with Gasteiger partial charge in [-0.3, -0.25) is 0 Å². The minimum atomic E-state index is 0.536. The van der Waals surface area contributed by atoms with Gasteiger partial charge in [-0.25, -0.2) is 0 Å². The van der Waals surface area contributed by atoms with Crippen molar-refractivity contribution < 1.29 is 0 Å². The lowest BCUT2D eigenvalue weighted by Gasteiger charge is -2.15. The Labute approximate surface area is 129 Å². The Bertz CT molecular complexity index is 314. The largest absolute Gasteiger partial charge is 0.113 e. The fourth-order valence-corrected chi connectivity index (χ4v) is 2.54. The maximum atomic E-state index is 5.63. The van der Waals surface area contributed by atoms with Crippen LogP contribution >= 0.6 is 0 Å². The molecule has 3 heteroatoms. The molecular formula is C17H25B3. The fraction of sp³-hybridized carbons (Fsp3) is 0.647. The van der Waals surface area contributed by atoms with E-state index in [2.05, 4.69) is 0 Å². The van der Waals surface area contributed by atoms with Crippen LogP contribution in [0.4, 0.5) is 0 Å². The zero-order chi connectivity index (χ0) is 14.6. The van der Waals surface area contributed by atoms with E-state index >= 15 is 0 Å². The van der Waals surface area contributed by atoms with Gasteiger partial charge in [0.25, 0.3) is 0 Å². The lowest BCUT2D eigenvalue weighted by Crippen LogP contribution is -1.98. The van der Waals surface area contributed by atoms with E-state index in [1.807, 2.05) is 30.3 Å². The predicted molar refractivity (Wildman–Crippen MR) is 92.4 cm³/mol. The second-order valence-electron chi connectivity index (χ2n) is 5.85. The molecule has 0 heterocycles. The van der Waals surface area contributed by atoms with Crippen molar-refractivity contribution in [1.82, 2.24) is 0 Å². The first-order chi connectivity index (χ1) is 9.68. The zero-order valence-electron chi connectivity index (χ0n) is 12.6. The van der Waals surface area contributed by atoms with Crippen LogP contribution in [0.1, 0.15) is 57.8 Å². The Morgan fingerprint density at radius 2 is 1.05 bits per heavy atom. The molecule has 2 aliphatic carbocycles. The van der Waals surface area contributed by atoms with E-state index in [1.165, 1.54) is 57.8 Å². The van der Waals surface area contributed by atoms with Gasteiger partial charge < -0.3 is 0 Å². The summed E-state index contributed by atoms with van der Waals surface area (Å²) in [5, 5.41) is 0. The highest BCUT2D eigenvalue weighted by Gasteiger charge is 2.07. The molecule has 0 atom stereocenters. The van der Waals surface area contributed by atoms with Crippen LogP contribution in [0.25, 0.3) is 0 Å². The van der Waals surface area contributed by atoms with Gasteiger partial charge in [-0.05, 0) is 0 Å². The Morgan fingerprint density at radius 1 is 0.650 bits per heavy atom. The van der Waals surface area contributed by atoms with Gasteiger partial charge in [-0.1, -0.05) is 105 Å². The Morgan fingerprint density at radius 3 is 1.30 bits per heavy atom. The standard InChI is InChI=1S/C6H11B.C6H5B.C5H9B/c2*7-6-4-2-1-3-5-6;6-5-3-1-2-4-5/h6H,1-5H2;1-5H;5H,1-4H2. The minimum absolute atomic E-state index is 0.536. The van der Waals surface area contributed by atoms with Gasteiger partial charge in [0, 0.05) is 0 Å². The molecule has 0 bridgehead atoms. The lowest BCUT2D eigenvalue weighted by atomic mass is 9.76. The summed E-state index contributed by atoms with van der Waals surface area (Å²) < 4.78 is 0. The normalized spacial score (nSPS) is 19.4. The number of rotatable bonds is 0. The second-order valence-corrected chi connectivity index (χ2v) is 5.85. The van der Waals surface area contributed by atoms with Gasteiger partial charge >= 0.3 is 0 Å². The zero-order valence-corrected chi connectivity index (χ0v) is 12.6. The van der Waals surface area contributed by atoms with Crippen molar-refractivity contribution >= 4 is 29.0 Å². The number of hydrogen-bond donors (Lipinski definition) is 0. The SMILES string of the molecule is [B]C1CCCC1.[B]C1CCCCC1.[B]c1ccccc1. The minimum Gasteiger partial charge on any atom is -0.0967 e. The molecule has 0 spiro atoms. The smallest absolute Gasteiger partial charge is 0.0967 e. The average Bonchev–Trinajstić information content (AvgIpc) is 2.93. The summed E-state index contributed by atoms with van der Waals surface area (Å²) >= 11 is 0. The Hall–Kier alpha value is -0.585. The molecule has 3 rings (SSSR count). The second kappa shape index (κ2) is 11.1. The van der Waals surface area contributed by atoms with E-state index < -0.39 is 0 Å². The molecule has 1 aromatic rings. The molecule has 0 nitrogen and oxygen atoms in total. The van der Waals surface area contributed by atoms with Crippen LogP contribution in [0.5, 0.6) is 0 Å². The van der Waals surface area contributed by atoms with Crippen molar-refractivity contribution in [3.8, 4) is 0 Å². The monoisotopic (exact) mass is 262 g/mol. The molecule has 2 aliphatic rings. The molecule has 0 saturated heterocycles. The summed E-state index contributed by atoms with van der Waals surface area (Å²) in [7, 11) is 16.5. The molecular weight excluding hydrogens is 237 g/mol. The highest BCUT2D eigenvalue weighted by atomic mass is 14.1. The molecule has 0 amide bonds. The van der Waals surface area contributed by atoms with Gasteiger partial charge in [0.05, 0.1) is 15.7 Å². The molecule has 102 valence electrons. The van der Waals surface area contributed by atoms with Crippen molar-refractivity contribution in [3.05, 3.63) is 30.3 Å². The summed E-state index contributed by atoms with van der Waals surface area (Å²) in [6, 6.07) is 9.49. The van der Waals surface area contributed by atoms with Gasteiger partial charge in [-0.15, -0.1) is 0 Å². The van der Waals surface area contributed by atoms with Crippen LogP contribution in [-0.4, -0.2) is 23.5 Å². The predicted octanol–water partition coefficient (Wildman–Crippen LogP) is 3.91. The van der Waals surface area contributed by atoms with Crippen molar-refractivity contribution in [2.75, 3.05) is 0 Å². The quantitative estimate of drug-likeness (QED) is 0.622. The molecule has 2 fully saturated rings. The van der Waals surface area contributed by atoms with E-state index in [0.29, 0.717) is 11.6 Å². The van der Waals surface area contributed by atoms with Crippen LogP contribution in [0, 0.1) is 0 Å². The highest BCUT2D eigenvalue weighted by molar-refractivity contribution is 6.32. The highest BCUT2D eigenvalue weighted by Crippen LogP contribution is 2.26. The Kier molecular flexibility index (Phi) is 9.71. The Balaban J connectivity index is 0.000000151. The van der Waals surface area contributed by atoms with E-state index in [4.69, 9.17) is 23.5 Å². The van der Waals surface area contributed by atoms with Crippen molar-refractivity contribution in [1.29, 1.82) is 0 Å². The molecule has 6 radical (unpaired) electrons. The van der Waals surface area contributed by atoms with E-state index in [1.54, 1.807) is 0 Å². The van der Waals surface area contributed by atoms with Crippen LogP contribution in [0.2, 0.25) is 11.6 Å². The number of benzene rings is 1. The van der Waals surface area contributed by atoms with Crippen LogP contribution in [0.3, 0.4) is 0 Å². The maximum absolute atomic E-state index is 5.63. The third-order valence-corrected chi connectivity index (χ3v) is 3.85. The fourth-order valence-electron chi connectivity index (χ4n) is 2.54. The van der Waals surface area contributed by atoms with Gasteiger partial charge in [0.2, 0.25) is 0 Å². The summed E-state index contributed by atoms with van der Waals surface area (Å²) in [5.74, 6) is 1.08. The molecule has 1 aromatic carbocycles. The maximum Gasteiger partial charge on any atom is 0.113 e. The van der Waals surface area contributed by atoms with E-state index in [9.17, 15) is 0 Å². The van der Waals surface area contributed by atoms with E-state index in [0.717, 1.165) is 5.46 Å². The van der Waals surface area contributed by atoms with E-state index in [-0.39, 0.29) is 0 Å². The third kappa shape index (κ3) is 9.34. The topological polar surface area (TPSA) is 0 Å². The van der Waals surface area contributed by atoms with Gasteiger partial charge in [0.1, 0.15) is 7.85 Å². The third-order valence-electron chi connectivity index (χ3n) is 3.85. The summed E-state index contributed by atoms with van der Waals surface area (Å²) in [6.45, 7) is 0. The molecule has 0 aromatic heterocycles. The summed E-state index contributed by atoms with van der Waals surface area (Å²) in [5.41, 5.74) is 0.822. The van der Waals surface area contributed by atoms with Gasteiger partial charge in [0.15, 0.2) is 0 Å². The van der Waals surface area contributed by atoms with Crippen molar-refractivity contribution in [2.24, 2.45) is 0 Å². The first kappa shape index (κ1) is 17.5. The van der Waals surface area contributed by atoms with Crippen molar-refractivity contribution in [3.63, 3.8) is 0 Å². The average molecular weight is 262 g/mol. The first-order valence-electron chi connectivity index (χ1n) is 8.00. The van der Waals surface area contributed by atoms with Crippen LogP contribution in [-0.2, 0) is 0 Å². The summed E-state index contributed by atoms with van der Waals surface area (Å²) in [6.07, 6.45) is 11.9. The molecule has 0 aliphatic heterocycles. The van der Waals surface area contributed by atoms with Crippen LogP contribution < -0.4 is 5.46 Å². The molecule has 0 N–H and O–H groups in total.